The smallest absolute Gasteiger partial charge is 0.479 e. The Bertz CT molecular complexity index is 591. The summed E-state index contributed by atoms with van der Waals surface area (Å²) in [5, 5.41) is 0. The predicted molar refractivity (Wildman–Crippen MR) is 51.6 cm³/mol. The molecule has 0 N–H and O–H groups in total. The summed E-state index contributed by atoms with van der Waals surface area (Å²) in [5.41, 5.74) is -5.36. The Morgan fingerprint density at radius 3 is 2.53 bits per heavy atom. The van der Waals surface area contributed by atoms with Crippen LogP contribution in [0.5, 0.6) is 5.75 Å². The third kappa shape index (κ3) is 1.93. The van der Waals surface area contributed by atoms with E-state index >= 15 is 0 Å². The molecule has 9 heteroatoms. The first-order valence-electron chi connectivity index (χ1n) is 4.20. The molecule has 0 radical (unpaired) electrons. The maximum absolute atomic E-state index is 12.3. The van der Waals surface area contributed by atoms with E-state index in [9.17, 15) is 25.8 Å². The Kier molecular flexibility index (Phi) is 2.69. The molecule has 4 nitrogen and oxygen atoms in total. The van der Waals surface area contributed by atoms with Crippen LogP contribution in [0.1, 0.15) is 0 Å². The van der Waals surface area contributed by atoms with E-state index in [1.54, 1.807) is 0 Å². The van der Waals surface area contributed by atoms with Gasteiger partial charge in [-0.15, -0.1) is 0 Å². The topological polar surface area (TPSA) is 60.4 Å². The van der Waals surface area contributed by atoms with Gasteiger partial charge in [0.1, 0.15) is 5.75 Å². The van der Waals surface area contributed by atoms with Crippen molar-refractivity contribution in [3.63, 3.8) is 0 Å². The quantitative estimate of drug-likeness (QED) is 0.783. The van der Waals surface area contributed by atoms with Gasteiger partial charge in [0.25, 0.3) is 9.84 Å². The van der Waals surface area contributed by atoms with Gasteiger partial charge in [-0.05, 0) is 12.1 Å². The lowest BCUT2D eigenvalue weighted by Crippen LogP contribution is -2.23. The first-order valence-corrected chi connectivity index (χ1v) is 7.00. The van der Waals surface area contributed by atoms with Crippen molar-refractivity contribution < 1.29 is 30.5 Å². The van der Waals surface area contributed by atoms with Gasteiger partial charge in [-0.3, -0.25) is 4.21 Å². The number of hydrogen-bond donors (Lipinski definition) is 0. The highest BCUT2D eigenvalue weighted by Crippen LogP contribution is 2.36. The molecule has 0 spiro atoms. The van der Waals surface area contributed by atoms with Crippen molar-refractivity contribution in [3.05, 3.63) is 18.2 Å². The maximum Gasteiger partial charge on any atom is 0.501 e. The van der Waals surface area contributed by atoms with Crippen LogP contribution in [-0.4, -0.2) is 24.1 Å². The van der Waals surface area contributed by atoms with Crippen molar-refractivity contribution in [3.8, 4) is 5.75 Å². The zero-order chi connectivity index (χ0) is 12.8. The van der Waals surface area contributed by atoms with Crippen molar-refractivity contribution in [2.24, 2.45) is 0 Å². The molecule has 0 amide bonds. The number of ether oxygens (including phenoxy) is 1. The van der Waals surface area contributed by atoms with E-state index in [4.69, 9.17) is 4.74 Å². The molecule has 1 aliphatic rings. The molecule has 1 aromatic rings. The highest BCUT2D eigenvalue weighted by atomic mass is 32.2. The molecule has 2 rings (SSSR count). The van der Waals surface area contributed by atoms with Crippen LogP contribution in [-0.2, 0) is 20.6 Å². The third-order valence-electron chi connectivity index (χ3n) is 2.10. The Morgan fingerprint density at radius 1 is 1.29 bits per heavy atom. The number of rotatable bonds is 1. The zero-order valence-electron chi connectivity index (χ0n) is 8.02. The van der Waals surface area contributed by atoms with Gasteiger partial charge in [0, 0.05) is 6.07 Å². The van der Waals surface area contributed by atoms with Gasteiger partial charge in [0.05, 0.1) is 20.6 Å². The summed E-state index contributed by atoms with van der Waals surface area (Å²) in [5.74, 6) is -0.265. The summed E-state index contributed by atoms with van der Waals surface area (Å²) < 4.78 is 75.0. The lowest BCUT2D eigenvalue weighted by atomic mass is 10.3. The molecular formula is C8H5F3O4S2. The summed E-state index contributed by atoms with van der Waals surface area (Å²) in [4.78, 5) is -0.714. The molecule has 0 saturated heterocycles. The highest BCUT2D eigenvalue weighted by molar-refractivity contribution is 7.92. The SMILES string of the molecule is O=S1COc2cc(S(=O)(=O)C(F)(F)F)ccc21. The minimum atomic E-state index is -5.39. The van der Waals surface area contributed by atoms with Gasteiger partial charge >= 0.3 is 5.51 Å². The fourth-order valence-electron chi connectivity index (χ4n) is 1.27. The number of halogens is 3. The van der Waals surface area contributed by atoms with Crippen molar-refractivity contribution >= 4 is 20.6 Å². The minimum absolute atomic E-state index is 0.0892. The molecule has 1 unspecified atom stereocenters. The summed E-state index contributed by atoms with van der Waals surface area (Å²) >= 11 is 0. The van der Waals surface area contributed by atoms with Crippen molar-refractivity contribution in [2.75, 3.05) is 5.94 Å². The Balaban J connectivity index is 2.54. The number of benzene rings is 1. The van der Waals surface area contributed by atoms with E-state index in [0.29, 0.717) is 0 Å². The molecule has 0 aliphatic carbocycles. The molecule has 94 valence electrons. The van der Waals surface area contributed by atoms with E-state index in [0.717, 1.165) is 18.2 Å². The summed E-state index contributed by atoms with van der Waals surface area (Å²) in [6, 6.07) is 2.58. The van der Waals surface area contributed by atoms with Crippen LogP contribution in [0, 0.1) is 0 Å². The number of fused-ring (bicyclic) bond motifs is 1. The van der Waals surface area contributed by atoms with E-state index < -0.39 is 31.0 Å². The number of hydrogen-bond acceptors (Lipinski definition) is 4. The first kappa shape index (κ1) is 12.4. The van der Waals surface area contributed by atoms with Gasteiger partial charge < -0.3 is 4.74 Å². The molecule has 1 aromatic carbocycles. The van der Waals surface area contributed by atoms with Crippen LogP contribution in [0.15, 0.2) is 28.0 Å². The summed E-state index contributed by atoms with van der Waals surface area (Å²) in [6.45, 7) is 0. The van der Waals surface area contributed by atoms with Crippen LogP contribution < -0.4 is 4.74 Å². The molecule has 1 aliphatic heterocycles. The number of alkyl halides is 3. The summed E-state index contributed by atoms with van der Waals surface area (Å²) in [6.07, 6.45) is 0. The van der Waals surface area contributed by atoms with Crippen LogP contribution in [0.25, 0.3) is 0 Å². The van der Waals surface area contributed by atoms with Crippen molar-refractivity contribution in [1.82, 2.24) is 0 Å². The van der Waals surface area contributed by atoms with Gasteiger partial charge in [0.2, 0.25) is 0 Å². The zero-order valence-corrected chi connectivity index (χ0v) is 9.66. The number of sulfone groups is 1. The molecule has 0 saturated carbocycles. The second kappa shape index (κ2) is 3.70. The van der Waals surface area contributed by atoms with Crippen LogP contribution in [0.4, 0.5) is 13.2 Å². The Morgan fingerprint density at radius 2 is 1.94 bits per heavy atom. The lowest BCUT2D eigenvalue weighted by Gasteiger charge is -2.08. The van der Waals surface area contributed by atoms with Crippen LogP contribution in [0.2, 0.25) is 0 Å². The van der Waals surface area contributed by atoms with Crippen molar-refractivity contribution in [2.45, 2.75) is 15.3 Å². The Hall–Kier alpha value is -1.09. The molecule has 0 aromatic heterocycles. The predicted octanol–water partition coefficient (Wildman–Crippen LogP) is 1.44. The molecule has 17 heavy (non-hydrogen) atoms. The van der Waals surface area contributed by atoms with Gasteiger partial charge in [0.15, 0.2) is 5.94 Å². The minimum Gasteiger partial charge on any atom is -0.479 e. The molecule has 1 heterocycles. The summed E-state index contributed by atoms with van der Waals surface area (Å²) in [7, 11) is -6.85. The van der Waals surface area contributed by atoms with E-state index in [-0.39, 0.29) is 16.6 Å². The second-order valence-corrected chi connectivity index (χ2v) is 6.47. The average Bonchev–Trinajstić information content (AvgIpc) is 2.58. The van der Waals surface area contributed by atoms with Crippen LogP contribution >= 0.6 is 0 Å². The molecular weight excluding hydrogens is 281 g/mol. The first-order chi connectivity index (χ1) is 7.73. The molecule has 0 bridgehead atoms. The standard InChI is InChI=1S/C8H5F3O4S2/c9-8(10,11)17(13,14)5-1-2-7-6(3-5)15-4-16(7)12/h1-3H,4H2. The largest absolute Gasteiger partial charge is 0.501 e. The van der Waals surface area contributed by atoms with E-state index in [1.165, 1.54) is 0 Å². The second-order valence-electron chi connectivity index (χ2n) is 3.17. The normalized spacial score (nSPS) is 19.8. The van der Waals surface area contributed by atoms with E-state index in [1.807, 2.05) is 0 Å². The van der Waals surface area contributed by atoms with Gasteiger partial charge in [-0.1, -0.05) is 0 Å². The highest BCUT2D eigenvalue weighted by Gasteiger charge is 2.47. The maximum atomic E-state index is 12.3. The van der Waals surface area contributed by atoms with Gasteiger partial charge in [-0.2, -0.15) is 13.2 Å². The monoisotopic (exact) mass is 286 g/mol. The van der Waals surface area contributed by atoms with Crippen molar-refractivity contribution in [1.29, 1.82) is 0 Å². The lowest BCUT2D eigenvalue weighted by molar-refractivity contribution is -0.0436. The Labute approximate surface area is 96.8 Å². The fourth-order valence-corrected chi connectivity index (χ4v) is 2.97. The van der Waals surface area contributed by atoms with Gasteiger partial charge in [-0.25, -0.2) is 8.42 Å². The van der Waals surface area contributed by atoms with E-state index in [2.05, 4.69) is 0 Å². The fraction of sp³-hybridized carbons (Fsp3) is 0.250. The third-order valence-corrected chi connectivity index (χ3v) is 4.74. The van der Waals surface area contributed by atoms with Crippen LogP contribution in [0.3, 0.4) is 0 Å². The molecule has 1 atom stereocenters. The average molecular weight is 286 g/mol. The molecule has 0 fully saturated rings.